The van der Waals surface area contributed by atoms with Crippen LogP contribution >= 0.6 is 0 Å². The average molecular weight is 451 g/mol. The molecule has 1 aliphatic rings. The van der Waals surface area contributed by atoms with Gasteiger partial charge in [0.2, 0.25) is 0 Å². The Morgan fingerprint density at radius 1 is 0.536 bits per heavy atom. The van der Waals surface area contributed by atoms with Crippen molar-refractivity contribution in [1.82, 2.24) is 9.80 Å². The Hall–Kier alpha value is -0.420. The molecule has 0 saturated carbocycles. The van der Waals surface area contributed by atoms with Crippen LogP contribution in [0.3, 0.4) is 0 Å². The molecule has 0 bridgehead atoms. The topological polar surface area (TPSA) is 152 Å². The lowest BCUT2D eigenvalue weighted by Gasteiger charge is -2.22. The van der Waals surface area contributed by atoms with Crippen LogP contribution in [-0.4, -0.2) is 127 Å². The summed E-state index contributed by atoms with van der Waals surface area (Å²) in [6.45, 7) is 3.26. The van der Waals surface area contributed by atoms with Gasteiger partial charge in [0.25, 0.3) is 20.2 Å². The van der Waals surface area contributed by atoms with Crippen LogP contribution in [0.4, 0.5) is 0 Å². The molecule has 1 fully saturated rings. The lowest BCUT2D eigenvalue weighted by Crippen LogP contribution is -2.36. The molecule has 0 spiro atoms. The van der Waals surface area contributed by atoms with E-state index < -0.39 is 32.0 Å². The van der Waals surface area contributed by atoms with Gasteiger partial charge in [-0.15, -0.1) is 0 Å². The number of ether oxygens (including phenoxy) is 4. The monoisotopic (exact) mass is 450 g/mol. The van der Waals surface area contributed by atoms with E-state index in [4.69, 9.17) is 28.1 Å². The van der Waals surface area contributed by atoms with Gasteiger partial charge < -0.3 is 18.9 Å². The molecule has 28 heavy (non-hydrogen) atoms. The molecule has 0 amide bonds. The highest BCUT2D eigenvalue weighted by Crippen LogP contribution is 1.97. The third kappa shape index (κ3) is 15.5. The lowest BCUT2D eigenvalue weighted by molar-refractivity contribution is 0.0117. The van der Waals surface area contributed by atoms with Gasteiger partial charge in [-0.25, -0.2) is 0 Å². The summed E-state index contributed by atoms with van der Waals surface area (Å²) in [4.78, 5) is 3.01. The number of hydrogen-bond acceptors (Lipinski definition) is 10. The molecule has 1 rings (SSSR count). The van der Waals surface area contributed by atoms with Gasteiger partial charge in [-0.1, -0.05) is 0 Å². The smallest absolute Gasteiger partial charge is 0.278 e. The molecule has 1 heterocycles. The zero-order valence-electron chi connectivity index (χ0n) is 15.8. The first-order chi connectivity index (χ1) is 13.2. The number of rotatable bonds is 4. The molecule has 1 aliphatic heterocycles. The predicted octanol–water partition coefficient (Wildman–Crippen LogP) is -1.64. The third-order valence-electron chi connectivity index (χ3n) is 3.64. The van der Waals surface area contributed by atoms with Crippen molar-refractivity contribution < 1.29 is 44.9 Å². The van der Waals surface area contributed by atoms with E-state index in [9.17, 15) is 16.8 Å². The first-order valence-electron chi connectivity index (χ1n) is 8.82. The highest BCUT2D eigenvalue weighted by molar-refractivity contribution is 7.85. The fourth-order valence-electron chi connectivity index (χ4n) is 2.36. The van der Waals surface area contributed by atoms with Gasteiger partial charge in [0, 0.05) is 26.2 Å². The number of hydrogen-bond donors (Lipinski definition) is 2. The van der Waals surface area contributed by atoms with Gasteiger partial charge in [-0.3, -0.25) is 18.9 Å². The Morgan fingerprint density at radius 2 is 0.786 bits per heavy atom. The molecule has 14 heteroatoms. The normalized spacial score (nSPS) is 22.4. The van der Waals surface area contributed by atoms with Crippen LogP contribution in [0.5, 0.6) is 0 Å². The standard InChI is InChI=1S/C14H30N2O10S2/c17-27(18,19)13-15-1-5-23-9-10-25-7-3-16(14-28(20,21)22)4-8-26-12-11-24-6-2-15/h1-14H2,(H,17,18,19)(H,20,21,22). The molecule has 1 saturated heterocycles. The first kappa shape index (κ1) is 25.6. The summed E-state index contributed by atoms with van der Waals surface area (Å²) in [6.07, 6.45) is 0. The van der Waals surface area contributed by atoms with Gasteiger partial charge >= 0.3 is 0 Å². The van der Waals surface area contributed by atoms with E-state index in [2.05, 4.69) is 0 Å². The molecule has 0 aromatic carbocycles. The van der Waals surface area contributed by atoms with Crippen molar-refractivity contribution in [3.63, 3.8) is 0 Å². The minimum Gasteiger partial charge on any atom is -0.378 e. The lowest BCUT2D eigenvalue weighted by atomic mass is 10.5. The number of nitrogens with zero attached hydrogens (tertiary/aromatic N) is 2. The van der Waals surface area contributed by atoms with Gasteiger partial charge in [-0.2, -0.15) is 16.8 Å². The predicted molar refractivity (Wildman–Crippen MR) is 99.3 cm³/mol. The largest absolute Gasteiger partial charge is 0.378 e. The van der Waals surface area contributed by atoms with Crippen LogP contribution in [0.2, 0.25) is 0 Å². The van der Waals surface area contributed by atoms with Crippen LogP contribution in [0.1, 0.15) is 0 Å². The fraction of sp³-hybridized carbons (Fsp3) is 1.00. The van der Waals surface area contributed by atoms with Crippen LogP contribution in [-0.2, 0) is 39.2 Å². The Balaban J connectivity index is 2.47. The molecule has 0 unspecified atom stereocenters. The summed E-state index contributed by atoms with van der Waals surface area (Å²) in [5, 5.41) is 0. The second-order valence-corrected chi connectivity index (χ2v) is 8.95. The van der Waals surface area contributed by atoms with E-state index in [0.717, 1.165) is 0 Å². The Labute approximate surface area is 166 Å². The first-order valence-corrected chi connectivity index (χ1v) is 12.0. The van der Waals surface area contributed by atoms with Crippen molar-refractivity contribution in [2.45, 2.75) is 0 Å². The van der Waals surface area contributed by atoms with Crippen molar-refractivity contribution in [2.75, 3.05) is 90.8 Å². The minimum atomic E-state index is -4.14. The van der Waals surface area contributed by atoms with E-state index in [1.165, 1.54) is 9.80 Å². The van der Waals surface area contributed by atoms with E-state index in [0.29, 0.717) is 26.2 Å². The van der Waals surface area contributed by atoms with Crippen molar-refractivity contribution in [2.24, 2.45) is 0 Å². The van der Waals surface area contributed by atoms with Gasteiger partial charge in [0.15, 0.2) is 0 Å². The summed E-state index contributed by atoms with van der Waals surface area (Å²) >= 11 is 0. The second kappa shape index (κ2) is 13.7. The zero-order chi connectivity index (χ0) is 20.9. The second-order valence-electron chi connectivity index (χ2n) is 6.11. The molecule has 168 valence electrons. The Morgan fingerprint density at radius 3 is 1.00 bits per heavy atom. The molecule has 0 radical (unpaired) electrons. The summed E-state index contributed by atoms with van der Waals surface area (Å²) in [5.74, 6) is -1.01. The van der Waals surface area contributed by atoms with Crippen LogP contribution < -0.4 is 0 Å². The maximum absolute atomic E-state index is 11.1. The molecular weight excluding hydrogens is 420 g/mol. The molecule has 0 atom stereocenters. The van der Waals surface area contributed by atoms with Crippen molar-refractivity contribution >= 4 is 20.2 Å². The summed E-state index contributed by atoms with van der Waals surface area (Å²) in [7, 11) is -8.28. The van der Waals surface area contributed by atoms with Crippen molar-refractivity contribution in [3.05, 3.63) is 0 Å². The summed E-state index contributed by atoms with van der Waals surface area (Å²) < 4.78 is 83.8. The highest BCUT2D eigenvalue weighted by Gasteiger charge is 2.15. The molecule has 0 aromatic rings. The minimum absolute atomic E-state index is 0.247. The van der Waals surface area contributed by atoms with Crippen molar-refractivity contribution in [3.8, 4) is 0 Å². The van der Waals surface area contributed by atoms with E-state index in [1.807, 2.05) is 0 Å². The molecule has 12 nitrogen and oxygen atoms in total. The highest BCUT2D eigenvalue weighted by atomic mass is 32.2. The molecule has 0 aliphatic carbocycles. The van der Waals surface area contributed by atoms with Gasteiger partial charge in [-0.05, 0) is 0 Å². The van der Waals surface area contributed by atoms with Crippen LogP contribution in [0, 0.1) is 0 Å². The SMILES string of the molecule is O=S(=O)(O)CN1CCOCCOCCN(CS(=O)(=O)O)CCOCCOCC1. The van der Waals surface area contributed by atoms with E-state index in [-0.39, 0.29) is 52.9 Å². The van der Waals surface area contributed by atoms with E-state index >= 15 is 0 Å². The Kier molecular flexibility index (Phi) is 12.6. The van der Waals surface area contributed by atoms with Gasteiger partial charge in [0.05, 0.1) is 52.9 Å². The summed E-state index contributed by atoms with van der Waals surface area (Å²) in [6, 6.07) is 0. The average Bonchev–Trinajstić information content (AvgIpc) is 2.55. The van der Waals surface area contributed by atoms with E-state index in [1.54, 1.807) is 0 Å². The summed E-state index contributed by atoms with van der Waals surface area (Å²) in [5.41, 5.74) is 0. The maximum Gasteiger partial charge on any atom is 0.278 e. The third-order valence-corrected chi connectivity index (χ3v) is 5.03. The quantitative estimate of drug-likeness (QED) is 0.472. The molecule has 2 N–H and O–H groups in total. The zero-order valence-corrected chi connectivity index (χ0v) is 17.4. The molecule has 0 aromatic heterocycles. The molecular formula is C14H30N2O10S2. The van der Waals surface area contributed by atoms with Crippen molar-refractivity contribution in [1.29, 1.82) is 0 Å². The Bertz CT molecular complexity index is 540. The fourth-order valence-corrected chi connectivity index (χ4v) is 3.80. The van der Waals surface area contributed by atoms with Crippen LogP contribution in [0.25, 0.3) is 0 Å². The van der Waals surface area contributed by atoms with Gasteiger partial charge in [0.1, 0.15) is 11.8 Å². The van der Waals surface area contributed by atoms with Crippen LogP contribution in [0.15, 0.2) is 0 Å². The maximum atomic E-state index is 11.1.